The van der Waals surface area contributed by atoms with Crippen LogP contribution in [-0.4, -0.2) is 6.29 Å². The minimum atomic E-state index is 0.486. The molecule has 0 aliphatic heterocycles. The highest BCUT2D eigenvalue weighted by Gasteiger charge is 2.63. The van der Waals surface area contributed by atoms with Crippen LogP contribution in [0.4, 0.5) is 0 Å². The van der Waals surface area contributed by atoms with Crippen LogP contribution in [0.25, 0.3) is 0 Å². The Hall–Kier alpha value is -2.09. The molecule has 2 atom stereocenters. The van der Waals surface area contributed by atoms with E-state index in [2.05, 4.69) is 24.3 Å². The lowest BCUT2D eigenvalue weighted by Gasteiger charge is -2.29. The van der Waals surface area contributed by atoms with Crippen molar-refractivity contribution in [2.45, 2.75) is 31.1 Å². The molecular weight excluding hydrogens is 284 g/mol. The predicted octanol–water partition coefficient (Wildman–Crippen LogP) is 4.98. The summed E-state index contributed by atoms with van der Waals surface area (Å²) in [7, 11) is 0. The Morgan fingerprint density at radius 3 is 1.91 bits per heavy atom. The first kappa shape index (κ1) is 13.4. The van der Waals surface area contributed by atoms with Crippen molar-refractivity contribution in [3.05, 3.63) is 59.7 Å². The minimum Gasteiger partial charge on any atom is -0.457 e. The zero-order valence-electron chi connectivity index (χ0n) is 13.1. The number of hydrogen-bond acceptors (Lipinski definition) is 2. The molecule has 2 aromatic carbocycles. The molecule has 116 valence electrons. The van der Waals surface area contributed by atoms with Gasteiger partial charge in [0.2, 0.25) is 0 Å². The molecule has 0 aromatic heterocycles. The lowest BCUT2D eigenvalue weighted by atomic mass is 9.75. The maximum Gasteiger partial charge on any atom is 0.150 e. The second-order valence-corrected chi connectivity index (χ2v) is 7.57. The molecule has 6 rings (SSSR count). The molecule has 2 nitrogen and oxygen atoms in total. The Balaban J connectivity index is 1.36. The van der Waals surface area contributed by atoms with Crippen molar-refractivity contribution in [3.63, 3.8) is 0 Å². The zero-order chi connectivity index (χ0) is 15.4. The highest BCUT2D eigenvalue weighted by molar-refractivity contribution is 5.74. The van der Waals surface area contributed by atoms with Gasteiger partial charge in [0.25, 0.3) is 0 Å². The monoisotopic (exact) mass is 304 g/mol. The molecule has 23 heavy (non-hydrogen) atoms. The molecule has 2 heteroatoms. The van der Waals surface area contributed by atoms with Crippen LogP contribution in [0.1, 0.15) is 41.6 Å². The number of ether oxygens (including phenoxy) is 1. The third-order valence-corrected chi connectivity index (χ3v) is 6.56. The summed E-state index contributed by atoms with van der Waals surface area (Å²) >= 11 is 0. The molecule has 4 aliphatic rings. The molecular formula is C21H20O2. The van der Waals surface area contributed by atoms with Crippen molar-refractivity contribution in [1.82, 2.24) is 0 Å². The van der Waals surface area contributed by atoms with Crippen molar-refractivity contribution < 1.29 is 9.53 Å². The summed E-state index contributed by atoms with van der Waals surface area (Å²) in [5, 5.41) is 0. The van der Waals surface area contributed by atoms with E-state index in [4.69, 9.17) is 4.74 Å². The maximum atomic E-state index is 10.7. The third-order valence-electron chi connectivity index (χ3n) is 6.56. The fourth-order valence-corrected chi connectivity index (χ4v) is 5.59. The van der Waals surface area contributed by atoms with Crippen LogP contribution in [-0.2, 0) is 5.41 Å². The van der Waals surface area contributed by atoms with Gasteiger partial charge in [-0.25, -0.2) is 0 Å². The SMILES string of the molecule is O=Cc1ccc(Oc2ccc(C34CC5CC3CC5C4)cc2)cc1. The Labute approximate surface area is 136 Å². The smallest absolute Gasteiger partial charge is 0.150 e. The molecule has 0 amide bonds. The van der Waals surface area contributed by atoms with E-state index in [1.165, 1.54) is 31.2 Å². The van der Waals surface area contributed by atoms with Gasteiger partial charge in [-0.15, -0.1) is 0 Å². The molecule has 0 radical (unpaired) electrons. The second kappa shape index (κ2) is 4.70. The summed E-state index contributed by atoms with van der Waals surface area (Å²) in [6.07, 6.45) is 6.60. The third kappa shape index (κ3) is 1.90. The van der Waals surface area contributed by atoms with E-state index in [0.29, 0.717) is 11.0 Å². The van der Waals surface area contributed by atoms with Crippen LogP contribution in [0.3, 0.4) is 0 Å². The van der Waals surface area contributed by atoms with Crippen LogP contribution in [0, 0.1) is 17.8 Å². The van der Waals surface area contributed by atoms with Gasteiger partial charge in [0.1, 0.15) is 17.8 Å². The predicted molar refractivity (Wildman–Crippen MR) is 89.0 cm³/mol. The van der Waals surface area contributed by atoms with E-state index in [9.17, 15) is 4.79 Å². The number of carbonyl (C=O) groups is 1. The zero-order valence-corrected chi connectivity index (χ0v) is 13.1. The number of carbonyl (C=O) groups excluding carboxylic acids is 1. The molecule has 0 saturated heterocycles. The molecule has 2 unspecified atom stereocenters. The Kier molecular flexibility index (Phi) is 2.73. The molecule has 2 aromatic rings. The van der Waals surface area contributed by atoms with Crippen LogP contribution < -0.4 is 4.74 Å². The average molecular weight is 304 g/mol. The maximum absolute atomic E-state index is 10.7. The minimum absolute atomic E-state index is 0.486. The number of rotatable bonds is 4. The van der Waals surface area contributed by atoms with Crippen molar-refractivity contribution in [1.29, 1.82) is 0 Å². The van der Waals surface area contributed by atoms with E-state index in [1.807, 2.05) is 12.1 Å². The molecule has 0 N–H and O–H groups in total. The summed E-state index contributed by atoms with van der Waals surface area (Å²) in [6.45, 7) is 0. The Morgan fingerprint density at radius 2 is 1.43 bits per heavy atom. The van der Waals surface area contributed by atoms with Gasteiger partial charge < -0.3 is 4.74 Å². The van der Waals surface area contributed by atoms with Crippen molar-refractivity contribution in [2.75, 3.05) is 0 Å². The lowest BCUT2D eigenvalue weighted by Crippen LogP contribution is -2.24. The van der Waals surface area contributed by atoms with E-state index in [1.54, 1.807) is 12.1 Å². The fourth-order valence-electron chi connectivity index (χ4n) is 5.59. The molecule has 4 fully saturated rings. The van der Waals surface area contributed by atoms with Crippen molar-refractivity contribution in [2.24, 2.45) is 17.8 Å². The van der Waals surface area contributed by atoms with Gasteiger partial charge in [0.05, 0.1) is 0 Å². The topological polar surface area (TPSA) is 26.3 Å². The lowest BCUT2D eigenvalue weighted by molar-refractivity contribution is 0.112. The van der Waals surface area contributed by atoms with Gasteiger partial charge in [-0.05, 0) is 90.8 Å². The average Bonchev–Trinajstić information content (AvgIpc) is 3.31. The summed E-state index contributed by atoms with van der Waals surface area (Å²) in [5.74, 6) is 4.58. The van der Waals surface area contributed by atoms with Crippen LogP contribution in [0.5, 0.6) is 11.5 Å². The van der Waals surface area contributed by atoms with Crippen LogP contribution in [0.15, 0.2) is 48.5 Å². The van der Waals surface area contributed by atoms with Crippen LogP contribution >= 0.6 is 0 Å². The highest BCUT2D eigenvalue weighted by atomic mass is 16.5. The number of aldehydes is 1. The molecule has 4 aliphatic carbocycles. The quantitative estimate of drug-likeness (QED) is 0.745. The summed E-state index contributed by atoms with van der Waals surface area (Å²) < 4.78 is 5.89. The van der Waals surface area contributed by atoms with Gasteiger partial charge in [0, 0.05) is 5.56 Å². The number of benzene rings is 2. The fraction of sp³-hybridized carbons (Fsp3) is 0.381. The summed E-state index contributed by atoms with van der Waals surface area (Å²) in [6, 6.07) is 16.0. The van der Waals surface area contributed by atoms with Crippen molar-refractivity contribution >= 4 is 6.29 Å². The molecule has 0 heterocycles. The van der Waals surface area contributed by atoms with Gasteiger partial charge in [0.15, 0.2) is 0 Å². The van der Waals surface area contributed by atoms with Crippen LogP contribution in [0.2, 0.25) is 0 Å². The Bertz CT molecular complexity index is 730. The standard InChI is InChI=1S/C21H20O2/c22-13-14-1-5-19(6-2-14)23-20-7-3-17(4-8-20)21-11-15-9-18(21)10-16(15)12-21/h1-8,13,15-16,18H,9-12H2. The van der Waals surface area contributed by atoms with Gasteiger partial charge in [-0.3, -0.25) is 4.79 Å². The van der Waals surface area contributed by atoms with E-state index in [0.717, 1.165) is 35.5 Å². The van der Waals surface area contributed by atoms with Crippen molar-refractivity contribution in [3.8, 4) is 11.5 Å². The van der Waals surface area contributed by atoms with E-state index < -0.39 is 0 Å². The van der Waals surface area contributed by atoms with Gasteiger partial charge in [-0.1, -0.05) is 12.1 Å². The second-order valence-electron chi connectivity index (χ2n) is 7.57. The number of hydrogen-bond donors (Lipinski definition) is 0. The molecule has 4 bridgehead atoms. The first-order valence-corrected chi connectivity index (χ1v) is 8.60. The molecule has 0 spiro atoms. The normalized spacial score (nSPS) is 33.3. The first-order chi connectivity index (χ1) is 11.3. The highest BCUT2D eigenvalue weighted by Crippen LogP contribution is 2.70. The summed E-state index contributed by atoms with van der Waals surface area (Å²) in [5.41, 5.74) is 2.68. The largest absolute Gasteiger partial charge is 0.457 e. The van der Waals surface area contributed by atoms with Gasteiger partial charge in [-0.2, -0.15) is 0 Å². The van der Waals surface area contributed by atoms with Gasteiger partial charge >= 0.3 is 0 Å². The molecule has 4 saturated carbocycles. The summed E-state index contributed by atoms with van der Waals surface area (Å²) in [4.78, 5) is 10.7. The van der Waals surface area contributed by atoms with E-state index >= 15 is 0 Å². The van der Waals surface area contributed by atoms with E-state index in [-0.39, 0.29) is 0 Å². The first-order valence-electron chi connectivity index (χ1n) is 8.60. The Morgan fingerprint density at radius 1 is 0.870 bits per heavy atom.